The summed E-state index contributed by atoms with van der Waals surface area (Å²) in [6.07, 6.45) is 1.53. The summed E-state index contributed by atoms with van der Waals surface area (Å²) in [6, 6.07) is 6.43. The van der Waals surface area contributed by atoms with Crippen LogP contribution in [0.3, 0.4) is 0 Å². The van der Waals surface area contributed by atoms with Crippen molar-refractivity contribution in [3.8, 4) is 0 Å². The van der Waals surface area contributed by atoms with Gasteiger partial charge in [-0.25, -0.2) is 4.39 Å². The van der Waals surface area contributed by atoms with Gasteiger partial charge in [0, 0.05) is 51.0 Å². The summed E-state index contributed by atoms with van der Waals surface area (Å²) in [4.78, 5) is 28.5. The monoisotopic (exact) mass is 362 g/mol. The standard InChI is InChI=1S/C19H23FN2O4/c20-16-4-2-1-3-14(16)12-22-13-15(11-17(22)23)18(24)21-7-5-19(6-8-21)25-9-10-26-19/h1-4,15H,5-13H2/t15-/m1/s1. The predicted octanol–water partition coefficient (Wildman–Crippen LogP) is 1.54. The number of nitrogens with zero attached hydrogens (tertiary/aromatic N) is 2. The van der Waals surface area contributed by atoms with E-state index in [1.165, 1.54) is 6.07 Å². The minimum Gasteiger partial charge on any atom is -0.347 e. The van der Waals surface area contributed by atoms with Gasteiger partial charge in [-0.05, 0) is 6.07 Å². The molecule has 6 nitrogen and oxygen atoms in total. The first-order chi connectivity index (χ1) is 12.6. The van der Waals surface area contributed by atoms with Crippen LogP contribution in [0.25, 0.3) is 0 Å². The van der Waals surface area contributed by atoms with Crippen molar-refractivity contribution in [3.05, 3.63) is 35.6 Å². The highest BCUT2D eigenvalue weighted by Gasteiger charge is 2.43. The van der Waals surface area contributed by atoms with Crippen LogP contribution in [0, 0.1) is 11.7 Å². The third-order valence-electron chi connectivity index (χ3n) is 5.53. The number of benzene rings is 1. The Balaban J connectivity index is 1.35. The maximum Gasteiger partial charge on any atom is 0.228 e. The average molecular weight is 362 g/mol. The van der Waals surface area contributed by atoms with Gasteiger partial charge in [0.05, 0.1) is 19.1 Å². The Hall–Kier alpha value is -1.99. The zero-order valence-corrected chi connectivity index (χ0v) is 14.7. The molecule has 0 saturated carbocycles. The minimum atomic E-state index is -0.515. The second-order valence-corrected chi connectivity index (χ2v) is 7.20. The third kappa shape index (κ3) is 3.33. The van der Waals surface area contributed by atoms with Crippen molar-refractivity contribution >= 4 is 11.8 Å². The lowest BCUT2D eigenvalue weighted by molar-refractivity contribution is -0.188. The molecule has 0 bridgehead atoms. The molecule has 0 aliphatic carbocycles. The third-order valence-corrected chi connectivity index (χ3v) is 5.53. The normalized spacial score (nSPS) is 25.3. The molecule has 0 radical (unpaired) electrons. The number of carbonyl (C=O) groups excluding carboxylic acids is 2. The van der Waals surface area contributed by atoms with Crippen LogP contribution in [0.5, 0.6) is 0 Å². The van der Waals surface area contributed by atoms with Crippen molar-refractivity contribution in [3.63, 3.8) is 0 Å². The molecule has 3 saturated heterocycles. The minimum absolute atomic E-state index is 0.00207. The second kappa shape index (κ2) is 6.96. The molecule has 2 amide bonds. The molecule has 140 valence electrons. The first kappa shape index (κ1) is 17.4. The Kier molecular flexibility index (Phi) is 4.67. The number of halogens is 1. The van der Waals surface area contributed by atoms with Crippen LogP contribution in [0.15, 0.2) is 24.3 Å². The van der Waals surface area contributed by atoms with Crippen LogP contribution in [0.4, 0.5) is 4.39 Å². The summed E-state index contributed by atoms with van der Waals surface area (Å²) in [7, 11) is 0. The van der Waals surface area contributed by atoms with E-state index in [2.05, 4.69) is 0 Å². The second-order valence-electron chi connectivity index (χ2n) is 7.20. The Morgan fingerprint density at radius 2 is 1.88 bits per heavy atom. The van der Waals surface area contributed by atoms with Gasteiger partial charge in [0.1, 0.15) is 5.82 Å². The molecule has 0 N–H and O–H groups in total. The molecule has 0 aromatic heterocycles. The summed E-state index contributed by atoms with van der Waals surface area (Å²) in [5.74, 6) is -1.29. The molecule has 3 heterocycles. The van der Waals surface area contributed by atoms with Gasteiger partial charge in [0.2, 0.25) is 11.8 Å². The first-order valence-electron chi connectivity index (χ1n) is 9.14. The van der Waals surface area contributed by atoms with Crippen LogP contribution in [0.1, 0.15) is 24.8 Å². The number of hydrogen-bond donors (Lipinski definition) is 0. The van der Waals surface area contributed by atoms with Crippen molar-refractivity contribution in [2.45, 2.75) is 31.6 Å². The number of hydrogen-bond acceptors (Lipinski definition) is 4. The Labute approximate surface area is 151 Å². The van der Waals surface area contributed by atoms with Gasteiger partial charge in [-0.2, -0.15) is 0 Å². The van der Waals surface area contributed by atoms with Gasteiger partial charge in [-0.15, -0.1) is 0 Å². The lowest BCUT2D eigenvalue weighted by atomic mass is 10.0. The lowest BCUT2D eigenvalue weighted by Crippen LogP contribution is -2.49. The van der Waals surface area contributed by atoms with E-state index in [-0.39, 0.29) is 36.5 Å². The SMILES string of the molecule is O=C1C[C@@H](C(=O)N2CCC3(CC2)OCCO3)CN1Cc1ccccc1F. The highest BCUT2D eigenvalue weighted by Crippen LogP contribution is 2.32. The molecule has 7 heteroatoms. The van der Waals surface area contributed by atoms with Gasteiger partial charge in [-0.1, -0.05) is 18.2 Å². The van der Waals surface area contributed by atoms with Crippen molar-refractivity contribution in [2.24, 2.45) is 5.92 Å². The molecule has 3 aliphatic rings. The van der Waals surface area contributed by atoms with E-state index >= 15 is 0 Å². The molecule has 4 rings (SSSR count). The summed E-state index contributed by atoms with van der Waals surface area (Å²) in [5, 5.41) is 0. The molecule has 1 atom stereocenters. The number of rotatable bonds is 3. The van der Waals surface area contributed by atoms with E-state index in [9.17, 15) is 14.0 Å². The van der Waals surface area contributed by atoms with Crippen molar-refractivity contribution in [2.75, 3.05) is 32.8 Å². The van der Waals surface area contributed by atoms with Crippen LogP contribution in [-0.2, 0) is 25.6 Å². The molecule has 0 unspecified atom stereocenters. The van der Waals surface area contributed by atoms with Crippen LogP contribution in [-0.4, -0.2) is 60.2 Å². The Bertz CT molecular complexity index is 695. The maximum atomic E-state index is 13.8. The predicted molar refractivity (Wildman–Crippen MR) is 90.4 cm³/mol. The zero-order chi connectivity index (χ0) is 18.1. The molecule has 1 spiro atoms. The van der Waals surface area contributed by atoms with E-state index in [1.54, 1.807) is 28.0 Å². The van der Waals surface area contributed by atoms with Crippen LogP contribution >= 0.6 is 0 Å². The Morgan fingerprint density at radius 3 is 2.58 bits per heavy atom. The van der Waals surface area contributed by atoms with Gasteiger partial charge >= 0.3 is 0 Å². The lowest BCUT2D eigenvalue weighted by Gasteiger charge is -2.38. The van der Waals surface area contributed by atoms with Crippen LogP contribution in [0.2, 0.25) is 0 Å². The number of ether oxygens (including phenoxy) is 2. The highest BCUT2D eigenvalue weighted by atomic mass is 19.1. The topological polar surface area (TPSA) is 59.1 Å². The Morgan fingerprint density at radius 1 is 1.19 bits per heavy atom. The van der Waals surface area contributed by atoms with E-state index < -0.39 is 5.79 Å². The first-order valence-corrected chi connectivity index (χ1v) is 9.14. The number of likely N-dealkylation sites (tertiary alicyclic amines) is 2. The van der Waals surface area contributed by atoms with Gasteiger partial charge < -0.3 is 19.3 Å². The fourth-order valence-electron chi connectivity index (χ4n) is 4.03. The van der Waals surface area contributed by atoms with Gasteiger partial charge in [-0.3, -0.25) is 9.59 Å². The maximum absolute atomic E-state index is 13.8. The van der Waals surface area contributed by atoms with E-state index in [0.29, 0.717) is 51.3 Å². The molecular weight excluding hydrogens is 339 g/mol. The number of piperidine rings is 1. The smallest absolute Gasteiger partial charge is 0.228 e. The van der Waals surface area contributed by atoms with Gasteiger partial charge in [0.25, 0.3) is 0 Å². The molecule has 1 aromatic carbocycles. The van der Waals surface area contributed by atoms with Crippen molar-refractivity contribution < 1.29 is 23.5 Å². The fraction of sp³-hybridized carbons (Fsp3) is 0.579. The largest absolute Gasteiger partial charge is 0.347 e. The van der Waals surface area contributed by atoms with Gasteiger partial charge in [0.15, 0.2) is 5.79 Å². The summed E-state index contributed by atoms with van der Waals surface area (Å²) in [5.41, 5.74) is 0.476. The highest BCUT2D eigenvalue weighted by molar-refractivity contribution is 5.89. The molecular formula is C19H23FN2O4. The molecule has 1 aromatic rings. The summed E-state index contributed by atoms with van der Waals surface area (Å²) < 4.78 is 25.2. The summed E-state index contributed by atoms with van der Waals surface area (Å²) in [6.45, 7) is 2.93. The average Bonchev–Trinajstić information content (AvgIpc) is 3.24. The van der Waals surface area contributed by atoms with E-state index in [1.807, 2.05) is 0 Å². The fourth-order valence-corrected chi connectivity index (χ4v) is 4.03. The van der Waals surface area contributed by atoms with Crippen LogP contribution < -0.4 is 0 Å². The molecule has 3 aliphatic heterocycles. The van der Waals surface area contributed by atoms with Crippen molar-refractivity contribution in [1.82, 2.24) is 9.80 Å². The number of carbonyl (C=O) groups is 2. The zero-order valence-electron chi connectivity index (χ0n) is 14.7. The van der Waals surface area contributed by atoms with Crippen molar-refractivity contribution in [1.29, 1.82) is 0 Å². The molecule has 3 fully saturated rings. The molecule has 26 heavy (non-hydrogen) atoms. The van der Waals surface area contributed by atoms with E-state index in [0.717, 1.165) is 0 Å². The number of amides is 2. The quantitative estimate of drug-likeness (QED) is 0.818. The van der Waals surface area contributed by atoms with E-state index in [4.69, 9.17) is 9.47 Å². The summed E-state index contributed by atoms with van der Waals surface area (Å²) >= 11 is 0.